The summed E-state index contributed by atoms with van der Waals surface area (Å²) in [6.45, 7) is 13.4. The van der Waals surface area contributed by atoms with Crippen molar-refractivity contribution in [3.63, 3.8) is 0 Å². The van der Waals surface area contributed by atoms with Crippen molar-refractivity contribution in [3.05, 3.63) is 59.7 Å². The van der Waals surface area contributed by atoms with Crippen LogP contribution in [0.25, 0.3) is 0 Å². The highest BCUT2D eigenvalue weighted by molar-refractivity contribution is 8.65. The van der Waals surface area contributed by atoms with Crippen molar-refractivity contribution in [1.82, 2.24) is 0 Å². The molecule has 2 unspecified atom stereocenters. The van der Waals surface area contributed by atoms with Gasteiger partial charge in [-0.1, -0.05) is 100 Å². The molecule has 0 aromatic heterocycles. The van der Waals surface area contributed by atoms with E-state index in [-0.39, 0.29) is 0 Å². The van der Waals surface area contributed by atoms with Crippen LogP contribution in [0, 0.1) is 11.8 Å². The fraction of sp³-hybridized carbons (Fsp3) is 0.500. The maximum absolute atomic E-state index is 10.9. The van der Waals surface area contributed by atoms with Crippen molar-refractivity contribution < 1.29 is 9.79 Å². The van der Waals surface area contributed by atoms with E-state index in [4.69, 9.17) is 0 Å². The second-order valence-electron chi connectivity index (χ2n) is 8.93. The Morgan fingerprint density at radius 3 is 1.38 bits per heavy atom. The molecule has 2 aromatic rings. The van der Waals surface area contributed by atoms with Crippen LogP contribution in [0.3, 0.4) is 0 Å². The predicted octanol–water partition coefficient (Wildman–Crippen LogP) is 7.61. The molecule has 2 N–H and O–H groups in total. The zero-order valence-corrected chi connectivity index (χ0v) is 21.1. The lowest BCUT2D eigenvalue weighted by atomic mass is 9.92. The summed E-state index contributed by atoms with van der Waals surface area (Å²) in [5, 5.41) is 0. The molecule has 0 amide bonds. The Labute approximate surface area is 185 Å². The second-order valence-corrected chi connectivity index (χ2v) is 16.5. The third-order valence-electron chi connectivity index (χ3n) is 5.21. The molecule has 0 saturated carbocycles. The average Bonchev–Trinajstić information content (AvgIpc) is 2.60. The fourth-order valence-electron chi connectivity index (χ4n) is 4.18. The highest BCUT2D eigenvalue weighted by Crippen LogP contribution is 2.54. The van der Waals surface area contributed by atoms with Crippen LogP contribution >= 0.6 is 17.9 Å². The number of benzene rings is 2. The molecule has 162 valence electrons. The average molecular weight is 453 g/mol. The van der Waals surface area contributed by atoms with Gasteiger partial charge in [0.15, 0.2) is 0 Å². The SMILES string of the molecule is CC(C)CC(C)c1ccccc1S(c1ccccc1C(C)CC(C)C)=P(O)(O)S. The van der Waals surface area contributed by atoms with E-state index in [9.17, 15) is 9.79 Å². The highest BCUT2D eigenvalue weighted by Gasteiger charge is 2.24. The van der Waals surface area contributed by atoms with Gasteiger partial charge >= 0.3 is 0 Å². The molecule has 2 aromatic carbocycles. The van der Waals surface area contributed by atoms with Crippen molar-refractivity contribution in [2.45, 2.75) is 76.0 Å². The van der Waals surface area contributed by atoms with Crippen LogP contribution in [0.15, 0.2) is 58.3 Å². The van der Waals surface area contributed by atoms with E-state index in [1.54, 1.807) is 0 Å². The van der Waals surface area contributed by atoms with Gasteiger partial charge in [-0.2, -0.15) is 0 Å². The molecular formula is C24H37O2PS2. The first-order valence-corrected chi connectivity index (χ1v) is 15.2. The van der Waals surface area contributed by atoms with Crippen molar-refractivity contribution in [2.24, 2.45) is 11.8 Å². The standard InChI is InChI=1S/C24H37O2PS2/c1-17(2)15-19(5)21-11-7-9-13-23(21)29(27(25,26)28)24-14-10-8-12-22(24)20(6)16-18(3)4/h7-14,17-20,25-26,28H,15-16H2,1-6H3. The maximum atomic E-state index is 10.9. The quantitative estimate of drug-likeness (QED) is 0.285. The van der Waals surface area contributed by atoms with E-state index in [1.807, 2.05) is 12.1 Å². The van der Waals surface area contributed by atoms with Crippen LogP contribution in [0.5, 0.6) is 0 Å². The summed E-state index contributed by atoms with van der Waals surface area (Å²) in [7, 11) is -0.876. The van der Waals surface area contributed by atoms with E-state index >= 15 is 0 Å². The molecule has 0 spiro atoms. The summed E-state index contributed by atoms with van der Waals surface area (Å²) >= 11 is 4.38. The molecule has 0 fully saturated rings. The van der Waals surface area contributed by atoms with E-state index < -0.39 is 15.8 Å². The molecule has 0 aliphatic carbocycles. The number of hydrogen-bond donors (Lipinski definition) is 3. The molecule has 0 saturated heterocycles. The van der Waals surface area contributed by atoms with Gasteiger partial charge in [0, 0.05) is 9.79 Å². The van der Waals surface area contributed by atoms with Gasteiger partial charge < -0.3 is 9.79 Å². The van der Waals surface area contributed by atoms with Crippen molar-refractivity contribution >= 4 is 28.0 Å². The van der Waals surface area contributed by atoms with Gasteiger partial charge in [0.1, 0.15) is 0 Å². The second kappa shape index (κ2) is 10.7. The molecular weight excluding hydrogens is 415 g/mol. The first-order valence-electron chi connectivity index (χ1n) is 10.5. The smallest absolute Gasteiger partial charge is 0.207 e. The van der Waals surface area contributed by atoms with Crippen LogP contribution in [0.1, 0.15) is 77.3 Å². The normalized spacial score (nSPS) is 15.6. The Balaban J connectivity index is 2.71. The van der Waals surface area contributed by atoms with Crippen LogP contribution in [-0.2, 0) is 10.1 Å². The van der Waals surface area contributed by atoms with Gasteiger partial charge in [0.05, 0.1) is 0 Å². The number of hydrogen-bond acceptors (Lipinski definition) is 0. The van der Waals surface area contributed by atoms with Gasteiger partial charge in [0.25, 0.3) is 0 Å². The van der Waals surface area contributed by atoms with Crippen LogP contribution in [-0.4, -0.2) is 9.79 Å². The Morgan fingerprint density at radius 2 is 1.07 bits per heavy atom. The zero-order valence-electron chi connectivity index (χ0n) is 18.5. The monoisotopic (exact) mass is 452 g/mol. The zero-order chi connectivity index (χ0) is 21.8. The van der Waals surface area contributed by atoms with Crippen LogP contribution in [0.2, 0.25) is 0 Å². The topological polar surface area (TPSA) is 40.5 Å². The molecule has 0 aliphatic heterocycles. The lowest BCUT2D eigenvalue weighted by Crippen LogP contribution is -2.08. The predicted molar refractivity (Wildman–Crippen MR) is 133 cm³/mol. The Hall–Kier alpha value is -0.510. The van der Waals surface area contributed by atoms with Crippen molar-refractivity contribution in [2.75, 3.05) is 0 Å². The van der Waals surface area contributed by atoms with Gasteiger partial charge in [-0.25, -0.2) is 0 Å². The van der Waals surface area contributed by atoms with E-state index in [0.29, 0.717) is 23.7 Å². The fourth-order valence-corrected chi connectivity index (χ4v) is 10.5. The molecule has 29 heavy (non-hydrogen) atoms. The number of rotatable bonds is 8. The molecule has 0 radical (unpaired) electrons. The number of thiol groups is 1. The first-order chi connectivity index (χ1) is 13.5. The molecule has 0 bridgehead atoms. The maximum Gasteiger partial charge on any atom is 0.207 e. The van der Waals surface area contributed by atoms with Crippen LogP contribution < -0.4 is 0 Å². The summed E-state index contributed by atoms with van der Waals surface area (Å²) in [6.07, 6.45) is 2.13. The Bertz CT molecular complexity index is 801. The molecule has 0 aliphatic rings. The Morgan fingerprint density at radius 1 is 0.724 bits per heavy atom. The van der Waals surface area contributed by atoms with Crippen molar-refractivity contribution in [3.8, 4) is 0 Å². The lowest BCUT2D eigenvalue weighted by molar-refractivity contribution is 0.501. The van der Waals surface area contributed by atoms with Crippen molar-refractivity contribution in [1.29, 1.82) is 0 Å². The van der Waals surface area contributed by atoms with Gasteiger partial charge in [-0.3, -0.25) is 0 Å². The minimum Gasteiger partial charge on any atom is -0.341 e. The molecule has 5 heteroatoms. The summed E-state index contributed by atoms with van der Waals surface area (Å²) in [6, 6.07) is 16.5. The largest absolute Gasteiger partial charge is 0.341 e. The minimum absolute atomic E-state index is 0.348. The molecule has 0 heterocycles. The van der Waals surface area contributed by atoms with E-state index in [2.05, 4.69) is 90.2 Å². The van der Waals surface area contributed by atoms with E-state index in [1.165, 1.54) is 11.1 Å². The minimum atomic E-state index is -3.45. The third kappa shape index (κ3) is 6.74. The van der Waals surface area contributed by atoms with Gasteiger partial charge in [-0.15, -0.1) is 0 Å². The summed E-state index contributed by atoms with van der Waals surface area (Å²) in [4.78, 5) is 23.9. The van der Waals surface area contributed by atoms with E-state index in [0.717, 1.165) is 22.6 Å². The lowest BCUT2D eigenvalue weighted by Gasteiger charge is -2.26. The van der Waals surface area contributed by atoms with Gasteiger partial charge in [-0.05, 0) is 59.8 Å². The third-order valence-corrected chi connectivity index (χ3v) is 11.4. The van der Waals surface area contributed by atoms with Crippen LogP contribution in [0.4, 0.5) is 0 Å². The molecule has 2 atom stereocenters. The summed E-state index contributed by atoms with van der Waals surface area (Å²) < 4.78 is 0. The first kappa shape index (κ1) is 24.8. The Kier molecular flexibility index (Phi) is 9.12. The highest BCUT2D eigenvalue weighted by atomic mass is 32.9. The van der Waals surface area contributed by atoms with Gasteiger partial charge in [0.2, 0.25) is 5.69 Å². The molecule has 2 nitrogen and oxygen atoms in total. The molecule has 2 rings (SSSR count). The summed E-state index contributed by atoms with van der Waals surface area (Å²) in [5.41, 5.74) is -1.04. The summed E-state index contributed by atoms with van der Waals surface area (Å²) in [5.74, 6) is 1.86.